The summed E-state index contributed by atoms with van der Waals surface area (Å²) in [4.78, 5) is 11.2. The average Bonchev–Trinajstić information content (AvgIpc) is 3.07. The molecule has 0 saturated heterocycles. The number of benzene rings is 3. The van der Waals surface area contributed by atoms with Crippen molar-refractivity contribution in [3.8, 4) is 11.1 Å². The van der Waals surface area contributed by atoms with Crippen molar-refractivity contribution >= 4 is 17.6 Å². The number of aryl methyl sites for hydroxylation is 3. The zero-order valence-electron chi connectivity index (χ0n) is 17.6. The number of aliphatic imine (C=N–C) groups is 1. The van der Waals surface area contributed by atoms with E-state index in [1.54, 1.807) is 5.06 Å². The molecule has 1 unspecified atom stereocenters. The van der Waals surface area contributed by atoms with Crippen LogP contribution < -0.4 is 5.73 Å². The highest BCUT2D eigenvalue weighted by Gasteiger charge is 2.42. The Kier molecular flexibility index (Phi) is 5.20. The number of hydroxylamine groups is 2. The average molecular weight is 432 g/mol. The van der Waals surface area contributed by atoms with E-state index in [-0.39, 0.29) is 0 Å². The third-order valence-electron chi connectivity index (χ3n) is 6.34. The normalized spacial score (nSPS) is 20.8. The first-order valence-electron chi connectivity index (χ1n) is 10.8. The lowest BCUT2D eigenvalue weighted by Crippen LogP contribution is -2.33. The standard InChI is InChI=1S/C26H26ClN3O/c1-30-25(28)29-26(31-30)15-14-19-7-3-2-6-18(19)8-4-9-20-12-13-22(17-24(20)26)21-10-5-11-23(27)16-21/h2-3,5-7,10-13,16-17H,4,8-9,14-15H2,1H3,(H2,28,29). The molecule has 3 aromatic rings. The van der Waals surface area contributed by atoms with Crippen molar-refractivity contribution in [1.82, 2.24) is 5.06 Å². The molecule has 0 radical (unpaired) electrons. The van der Waals surface area contributed by atoms with E-state index in [0.717, 1.165) is 53.8 Å². The van der Waals surface area contributed by atoms with Crippen LogP contribution >= 0.6 is 11.6 Å². The molecule has 31 heavy (non-hydrogen) atoms. The van der Waals surface area contributed by atoms with Gasteiger partial charge in [0.1, 0.15) is 0 Å². The van der Waals surface area contributed by atoms with Crippen molar-refractivity contribution in [2.75, 3.05) is 7.05 Å². The number of halogens is 1. The molecule has 0 saturated carbocycles. The van der Waals surface area contributed by atoms with E-state index in [2.05, 4.69) is 48.5 Å². The third-order valence-corrected chi connectivity index (χ3v) is 6.57. The summed E-state index contributed by atoms with van der Waals surface area (Å²) in [7, 11) is 1.82. The summed E-state index contributed by atoms with van der Waals surface area (Å²) in [5, 5.41) is 2.32. The summed E-state index contributed by atoms with van der Waals surface area (Å²) < 4.78 is 0. The zero-order chi connectivity index (χ0) is 21.4. The van der Waals surface area contributed by atoms with Gasteiger partial charge in [-0.1, -0.05) is 60.1 Å². The number of fused-ring (bicyclic) bond motifs is 3. The maximum atomic E-state index is 6.37. The van der Waals surface area contributed by atoms with Crippen LogP contribution in [0, 0.1) is 0 Å². The Morgan fingerprint density at radius 1 is 0.903 bits per heavy atom. The molecule has 4 nitrogen and oxygen atoms in total. The van der Waals surface area contributed by atoms with E-state index in [1.807, 2.05) is 25.2 Å². The van der Waals surface area contributed by atoms with Gasteiger partial charge in [0.15, 0.2) is 0 Å². The second-order valence-corrected chi connectivity index (χ2v) is 8.78. The predicted octanol–water partition coefficient (Wildman–Crippen LogP) is 5.47. The Labute approximate surface area is 188 Å². The highest BCUT2D eigenvalue weighted by atomic mass is 35.5. The van der Waals surface area contributed by atoms with E-state index in [1.165, 1.54) is 16.7 Å². The largest absolute Gasteiger partial charge is 0.368 e. The molecule has 0 fully saturated rings. The summed E-state index contributed by atoms with van der Waals surface area (Å²) >= 11 is 6.26. The van der Waals surface area contributed by atoms with Gasteiger partial charge in [-0.15, -0.1) is 0 Å². The van der Waals surface area contributed by atoms with Crippen molar-refractivity contribution in [1.29, 1.82) is 0 Å². The first-order chi connectivity index (χ1) is 15.0. The summed E-state index contributed by atoms with van der Waals surface area (Å²) in [5.74, 6) is 0.407. The highest BCUT2D eigenvalue weighted by Crippen LogP contribution is 2.42. The molecular formula is C26H26ClN3O. The van der Waals surface area contributed by atoms with Crippen molar-refractivity contribution in [2.24, 2.45) is 10.7 Å². The van der Waals surface area contributed by atoms with Gasteiger partial charge in [-0.05, 0) is 71.7 Å². The number of nitrogens with zero attached hydrogens (tertiary/aromatic N) is 2. The minimum Gasteiger partial charge on any atom is -0.368 e. The van der Waals surface area contributed by atoms with E-state index < -0.39 is 5.72 Å². The molecule has 3 aromatic carbocycles. The smallest absolute Gasteiger partial charge is 0.218 e. The Morgan fingerprint density at radius 3 is 2.39 bits per heavy atom. The lowest BCUT2D eigenvalue weighted by Gasteiger charge is -2.30. The van der Waals surface area contributed by atoms with Crippen LogP contribution in [0.3, 0.4) is 0 Å². The number of hydrogen-bond acceptors (Lipinski definition) is 4. The first-order valence-corrected chi connectivity index (χ1v) is 11.2. The lowest BCUT2D eigenvalue weighted by atomic mass is 9.85. The highest BCUT2D eigenvalue weighted by molar-refractivity contribution is 6.30. The fourth-order valence-corrected chi connectivity index (χ4v) is 4.91. The molecule has 5 rings (SSSR count). The van der Waals surface area contributed by atoms with Crippen molar-refractivity contribution in [3.05, 3.63) is 94.0 Å². The summed E-state index contributed by atoms with van der Waals surface area (Å²) in [6.07, 6.45) is 4.71. The molecule has 1 atom stereocenters. The van der Waals surface area contributed by atoms with Crippen LogP contribution in [-0.4, -0.2) is 18.1 Å². The van der Waals surface area contributed by atoms with E-state index >= 15 is 0 Å². The molecule has 2 aliphatic rings. The zero-order valence-corrected chi connectivity index (χ0v) is 18.4. The number of rotatable bonds is 1. The molecule has 0 amide bonds. The minimum absolute atomic E-state index is 0.407. The second-order valence-electron chi connectivity index (χ2n) is 8.35. The summed E-state index contributed by atoms with van der Waals surface area (Å²) in [6.45, 7) is 0. The van der Waals surface area contributed by atoms with Gasteiger partial charge in [0.05, 0.1) is 0 Å². The van der Waals surface area contributed by atoms with Gasteiger partial charge in [-0.3, -0.25) is 0 Å². The Morgan fingerprint density at radius 2 is 1.65 bits per heavy atom. The Balaban J connectivity index is 1.64. The van der Waals surface area contributed by atoms with Gasteiger partial charge in [-0.2, -0.15) is 0 Å². The molecule has 1 heterocycles. The third kappa shape index (κ3) is 3.82. The molecule has 0 aromatic heterocycles. The predicted molar refractivity (Wildman–Crippen MR) is 126 cm³/mol. The van der Waals surface area contributed by atoms with Gasteiger partial charge < -0.3 is 5.73 Å². The van der Waals surface area contributed by atoms with Gasteiger partial charge in [0, 0.05) is 24.1 Å². The fourth-order valence-electron chi connectivity index (χ4n) is 4.72. The van der Waals surface area contributed by atoms with Crippen molar-refractivity contribution in [2.45, 2.75) is 37.8 Å². The monoisotopic (exact) mass is 431 g/mol. The first kappa shape index (κ1) is 20.1. The van der Waals surface area contributed by atoms with Gasteiger partial charge in [0.2, 0.25) is 11.7 Å². The minimum atomic E-state index is -0.826. The summed E-state index contributed by atoms with van der Waals surface area (Å²) in [6, 6.07) is 23.2. The second kappa shape index (κ2) is 8.03. The maximum absolute atomic E-state index is 6.37. The van der Waals surface area contributed by atoms with Crippen molar-refractivity contribution in [3.63, 3.8) is 0 Å². The topological polar surface area (TPSA) is 50.8 Å². The van der Waals surface area contributed by atoms with Crippen LogP contribution in [0.25, 0.3) is 11.1 Å². The SMILES string of the molecule is CN1OC2(CCc3ccccc3CCCc3ccc(-c4cccc(Cl)c4)cc32)N=C1N. The van der Waals surface area contributed by atoms with E-state index in [4.69, 9.17) is 27.2 Å². The molecule has 1 aliphatic carbocycles. The van der Waals surface area contributed by atoms with Gasteiger partial charge in [0.25, 0.3) is 0 Å². The molecule has 5 heteroatoms. The van der Waals surface area contributed by atoms with Crippen LogP contribution in [0.5, 0.6) is 0 Å². The molecule has 2 N–H and O–H groups in total. The van der Waals surface area contributed by atoms with E-state index in [9.17, 15) is 0 Å². The molecule has 0 bridgehead atoms. The fraction of sp³-hybridized carbons (Fsp3) is 0.269. The Bertz CT molecular complexity index is 1160. The maximum Gasteiger partial charge on any atom is 0.218 e. The quantitative estimate of drug-likeness (QED) is 0.555. The summed E-state index contributed by atoms with van der Waals surface area (Å²) in [5.41, 5.74) is 12.7. The van der Waals surface area contributed by atoms with Gasteiger partial charge >= 0.3 is 0 Å². The number of guanidine groups is 1. The van der Waals surface area contributed by atoms with Crippen LogP contribution in [0.4, 0.5) is 0 Å². The molecule has 1 aliphatic heterocycles. The Hall–Kier alpha value is -2.82. The molecule has 158 valence electrons. The van der Waals surface area contributed by atoms with E-state index in [0.29, 0.717) is 5.96 Å². The lowest BCUT2D eigenvalue weighted by molar-refractivity contribution is -0.176. The van der Waals surface area contributed by atoms with Crippen LogP contribution in [0.2, 0.25) is 5.02 Å². The van der Waals surface area contributed by atoms with Crippen molar-refractivity contribution < 1.29 is 4.84 Å². The van der Waals surface area contributed by atoms with Gasteiger partial charge in [-0.25, -0.2) is 14.9 Å². The van der Waals surface area contributed by atoms with Crippen LogP contribution in [0.15, 0.2) is 71.7 Å². The number of hydrogen-bond donors (Lipinski definition) is 1. The van der Waals surface area contributed by atoms with Crippen LogP contribution in [-0.2, 0) is 29.8 Å². The molecule has 1 spiro atoms. The van der Waals surface area contributed by atoms with Crippen LogP contribution in [0.1, 0.15) is 35.1 Å². The molecular weight excluding hydrogens is 406 g/mol. The number of nitrogens with two attached hydrogens (primary N) is 1.